The third-order valence-electron chi connectivity index (χ3n) is 3.85. The van der Waals surface area contributed by atoms with Crippen molar-refractivity contribution in [2.75, 3.05) is 6.61 Å². The third kappa shape index (κ3) is 4.97. The number of Topliss-reactive ketones (excluding diaryl/α,β-unsaturated/α-hetero) is 1. The van der Waals surface area contributed by atoms with Gasteiger partial charge in [-0.25, -0.2) is 18.7 Å². The number of benzene rings is 1. The Morgan fingerprint density at radius 3 is 2.56 bits per heavy atom. The number of rotatable bonds is 6. The van der Waals surface area contributed by atoms with E-state index in [1.165, 1.54) is 30.2 Å². The first-order valence-corrected chi connectivity index (χ1v) is 9.03. The van der Waals surface area contributed by atoms with Gasteiger partial charge in [-0.1, -0.05) is 11.6 Å². The first kappa shape index (κ1) is 23.0. The molecule has 1 N–H and O–H groups in total. The van der Waals surface area contributed by atoms with Crippen molar-refractivity contribution in [3.63, 3.8) is 0 Å². The minimum Gasteiger partial charge on any atom is -0.467 e. The van der Waals surface area contributed by atoms with Crippen LogP contribution in [0.25, 0.3) is 5.69 Å². The highest BCUT2D eigenvalue weighted by molar-refractivity contribution is 6.32. The molecule has 0 spiro atoms. The van der Waals surface area contributed by atoms with Crippen LogP contribution in [0, 0.1) is 5.82 Å². The number of carbonyl (C=O) groups excluding carboxylic acids is 1. The molecule has 0 saturated heterocycles. The predicted octanol–water partition coefficient (Wildman–Crippen LogP) is 3.49. The summed E-state index contributed by atoms with van der Waals surface area (Å²) in [7, 11) is 0. The zero-order valence-corrected chi connectivity index (χ0v) is 16.8. The van der Waals surface area contributed by atoms with Crippen LogP contribution in [0.1, 0.15) is 12.6 Å². The van der Waals surface area contributed by atoms with Gasteiger partial charge in [0.15, 0.2) is 11.5 Å². The number of aromatic nitrogens is 3. The second-order valence-electron chi connectivity index (χ2n) is 6.29. The number of H-pyrrole nitrogens is 1. The standard InChI is InChI=1S/C19H12ClF4N3O5/c1-9(28)8-31-17-13(3-2-4-25-17)32-14-6-12(11(21)5-10(14)20)27-16(29)7-15(19(22,23)24)26-18(27)30/h2-7H,8H2,1H3,(H,26,30). The van der Waals surface area contributed by atoms with E-state index in [1.54, 1.807) is 0 Å². The molecule has 32 heavy (non-hydrogen) atoms. The van der Waals surface area contributed by atoms with E-state index in [9.17, 15) is 31.9 Å². The number of hydrogen-bond acceptors (Lipinski definition) is 6. The summed E-state index contributed by atoms with van der Waals surface area (Å²) in [6.07, 6.45) is -3.64. The largest absolute Gasteiger partial charge is 0.467 e. The van der Waals surface area contributed by atoms with Crippen molar-refractivity contribution in [1.82, 2.24) is 14.5 Å². The number of alkyl halides is 3. The molecule has 1 aromatic carbocycles. The molecule has 168 valence electrons. The molecule has 2 heterocycles. The van der Waals surface area contributed by atoms with Crippen LogP contribution in [-0.4, -0.2) is 26.9 Å². The van der Waals surface area contributed by atoms with Crippen molar-refractivity contribution in [1.29, 1.82) is 0 Å². The van der Waals surface area contributed by atoms with Crippen molar-refractivity contribution in [2.24, 2.45) is 0 Å². The molecular formula is C19H12ClF4N3O5. The number of carbonyl (C=O) groups is 1. The molecule has 0 aliphatic rings. The van der Waals surface area contributed by atoms with Gasteiger partial charge >= 0.3 is 11.9 Å². The Morgan fingerprint density at radius 2 is 1.94 bits per heavy atom. The van der Waals surface area contributed by atoms with Crippen molar-refractivity contribution < 1.29 is 31.8 Å². The Labute approximate surface area is 181 Å². The number of ether oxygens (including phenoxy) is 2. The summed E-state index contributed by atoms with van der Waals surface area (Å²) in [5, 5.41) is -0.288. The van der Waals surface area contributed by atoms with E-state index in [0.29, 0.717) is 6.07 Å². The fourth-order valence-corrected chi connectivity index (χ4v) is 2.68. The summed E-state index contributed by atoms with van der Waals surface area (Å²) in [4.78, 5) is 40.8. The molecule has 0 amide bonds. The van der Waals surface area contributed by atoms with Crippen LogP contribution >= 0.6 is 11.6 Å². The van der Waals surface area contributed by atoms with Crippen LogP contribution in [0.5, 0.6) is 17.4 Å². The second kappa shape index (κ2) is 8.83. The average molecular weight is 474 g/mol. The van der Waals surface area contributed by atoms with E-state index in [-0.39, 0.29) is 45.4 Å². The molecule has 0 fully saturated rings. The Bertz CT molecular complexity index is 1270. The minimum absolute atomic E-state index is 0.0399. The van der Waals surface area contributed by atoms with E-state index in [0.717, 1.165) is 6.07 Å². The number of halogens is 5. The number of nitrogens with one attached hydrogen (secondary N) is 1. The van der Waals surface area contributed by atoms with E-state index in [1.807, 2.05) is 0 Å². The van der Waals surface area contributed by atoms with Gasteiger partial charge in [0.25, 0.3) is 11.4 Å². The van der Waals surface area contributed by atoms with E-state index < -0.39 is 34.6 Å². The van der Waals surface area contributed by atoms with E-state index in [4.69, 9.17) is 21.1 Å². The molecule has 0 bridgehead atoms. The van der Waals surface area contributed by atoms with Gasteiger partial charge in [-0.3, -0.25) is 9.59 Å². The molecule has 0 saturated carbocycles. The fourth-order valence-electron chi connectivity index (χ4n) is 2.49. The summed E-state index contributed by atoms with van der Waals surface area (Å²) in [5.41, 5.74) is -5.25. The average Bonchev–Trinajstić information content (AvgIpc) is 2.69. The Kier molecular flexibility index (Phi) is 6.35. The lowest BCUT2D eigenvalue weighted by Crippen LogP contribution is -2.36. The van der Waals surface area contributed by atoms with Crippen LogP contribution in [-0.2, 0) is 11.0 Å². The van der Waals surface area contributed by atoms with Crippen LogP contribution in [0.4, 0.5) is 17.6 Å². The molecule has 3 rings (SSSR count). The number of pyridine rings is 1. The Hall–Kier alpha value is -3.67. The first-order chi connectivity index (χ1) is 15.0. The van der Waals surface area contributed by atoms with Gasteiger partial charge in [-0.2, -0.15) is 13.2 Å². The van der Waals surface area contributed by atoms with Crippen molar-refractivity contribution >= 4 is 17.4 Å². The summed E-state index contributed by atoms with van der Waals surface area (Å²) < 4.78 is 63.8. The highest BCUT2D eigenvalue weighted by atomic mass is 35.5. The quantitative estimate of drug-likeness (QED) is 0.550. The molecule has 0 aliphatic carbocycles. The molecule has 13 heteroatoms. The molecule has 8 nitrogen and oxygen atoms in total. The lowest BCUT2D eigenvalue weighted by Gasteiger charge is -2.14. The van der Waals surface area contributed by atoms with Gasteiger partial charge in [0.2, 0.25) is 0 Å². The van der Waals surface area contributed by atoms with E-state index >= 15 is 0 Å². The summed E-state index contributed by atoms with van der Waals surface area (Å²) in [6.45, 7) is 0.970. The number of hydrogen-bond donors (Lipinski definition) is 1. The van der Waals surface area contributed by atoms with Gasteiger partial charge < -0.3 is 14.5 Å². The van der Waals surface area contributed by atoms with Crippen LogP contribution < -0.4 is 20.7 Å². The van der Waals surface area contributed by atoms with Crippen LogP contribution in [0.15, 0.2) is 46.1 Å². The highest BCUT2D eigenvalue weighted by Crippen LogP contribution is 2.36. The molecule has 0 unspecified atom stereocenters. The van der Waals surface area contributed by atoms with Gasteiger partial charge in [0, 0.05) is 18.3 Å². The second-order valence-corrected chi connectivity index (χ2v) is 6.70. The number of nitrogens with zero attached hydrogens (tertiary/aromatic N) is 2. The first-order valence-electron chi connectivity index (χ1n) is 8.65. The maximum Gasteiger partial charge on any atom is 0.431 e. The topological polar surface area (TPSA) is 103 Å². The molecule has 2 aromatic heterocycles. The van der Waals surface area contributed by atoms with Gasteiger partial charge in [-0.15, -0.1) is 0 Å². The Morgan fingerprint density at radius 1 is 1.22 bits per heavy atom. The van der Waals surface area contributed by atoms with Gasteiger partial charge in [0.1, 0.15) is 23.9 Å². The van der Waals surface area contributed by atoms with E-state index in [2.05, 4.69) is 4.98 Å². The predicted molar refractivity (Wildman–Crippen MR) is 103 cm³/mol. The minimum atomic E-state index is -4.99. The maximum absolute atomic E-state index is 14.5. The smallest absolute Gasteiger partial charge is 0.431 e. The zero-order valence-electron chi connectivity index (χ0n) is 16.0. The molecule has 3 aromatic rings. The van der Waals surface area contributed by atoms with Crippen molar-refractivity contribution in [3.8, 4) is 23.1 Å². The van der Waals surface area contributed by atoms with Crippen molar-refractivity contribution in [3.05, 3.63) is 73.9 Å². The SMILES string of the molecule is CC(=O)COc1ncccc1Oc1cc(-n2c(=O)cc(C(F)(F)F)[nH]c2=O)c(F)cc1Cl. The molecular weight excluding hydrogens is 462 g/mol. The lowest BCUT2D eigenvalue weighted by atomic mass is 10.2. The van der Waals surface area contributed by atoms with Crippen molar-refractivity contribution in [2.45, 2.75) is 13.1 Å². The monoisotopic (exact) mass is 473 g/mol. The summed E-state index contributed by atoms with van der Waals surface area (Å²) >= 11 is 5.98. The maximum atomic E-state index is 14.5. The Balaban J connectivity index is 2.07. The fraction of sp³-hybridized carbons (Fsp3) is 0.158. The number of ketones is 1. The third-order valence-corrected chi connectivity index (χ3v) is 4.14. The lowest BCUT2D eigenvalue weighted by molar-refractivity contribution is -0.141. The normalized spacial score (nSPS) is 11.3. The summed E-state index contributed by atoms with van der Waals surface area (Å²) in [6, 6.07) is 4.52. The number of aromatic amines is 1. The van der Waals surface area contributed by atoms with Crippen LogP contribution in [0.2, 0.25) is 5.02 Å². The van der Waals surface area contributed by atoms with Crippen LogP contribution in [0.3, 0.4) is 0 Å². The highest BCUT2D eigenvalue weighted by Gasteiger charge is 2.33. The molecule has 0 aliphatic heterocycles. The summed E-state index contributed by atoms with van der Waals surface area (Å²) in [5.74, 6) is -1.88. The molecule has 0 atom stereocenters. The van der Waals surface area contributed by atoms with Gasteiger partial charge in [0.05, 0.1) is 10.7 Å². The molecule has 0 radical (unpaired) electrons. The van der Waals surface area contributed by atoms with Gasteiger partial charge in [-0.05, 0) is 25.1 Å². The zero-order chi connectivity index (χ0) is 23.6.